The summed E-state index contributed by atoms with van der Waals surface area (Å²) in [6.45, 7) is 6.27. The maximum Gasteiger partial charge on any atom is 0.166 e. The molecule has 1 rings (SSSR count). The summed E-state index contributed by atoms with van der Waals surface area (Å²) in [6, 6.07) is 1.48. The molecule has 0 aliphatic rings. The Morgan fingerprint density at radius 2 is 2.18 bits per heavy atom. The van der Waals surface area contributed by atoms with Crippen LogP contribution < -0.4 is 5.32 Å². The van der Waals surface area contributed by atoms with Crippen molar-refractivity contribution in [3.63, 3.8) is 0 Å². The SMILES string of the molecule is CC(C)(C)C(CCCl)Nc1ncc(Br)cc1F. The Balaban J connectivity index is 2.86. The van der Waals surface area contributed by atoms with Crippen LogP contribution in [0.3, 0.4) is 0 Å². The van der Waals surface area contributed by atoms with E-state index in [9.17, 15) is 4.39 Å². The molecule has 0 bridgehead atoms. The number of pyridine rings is 1. The van der Waals surface area contributed by atoms with Crippen LogP contribution in [0.4, 0.5) is 10.2 Å². The lowest BCUT2D eigenvalue weighted by Gasteiger charge is -2.31. The van der Waals surface area contributed by atoms with Crippen LogP contribution in [0, 0.1) is 11.2 Å². The zero-order valence-electron chi connectivity index (χ0n) is 10.2. The molecule has 0 aromatic carbocycles. The smallest absolute Gasteiger partial charge is 0.166 e. The second-order valence-electron chi connectivity index (χ2n) is 5.02. The fraction of sp³-hybridized carbons (Fsp3) is 0.583. The van der Waals surface area contributed by atoms with Crippen molar-refractivity contribution in [3.05, 3.63) is 22.6 Å². The first kappa shape index (κ1) is 14.7. The molecule has 96 valence electrons. The van der Waals surface area contributed by atoms with Crippen LogP contribution >= 0.6 is 27.5 Å². The fourth-order valence-electron chi connectivity index (χ4n) is 1.52. The van der Waals surface area contributed by atoms with Gasteiger partial charge in [-0.25, -0.2) is 9.37 Å². The van der Waals surface area contributed by atoms with Gasteiger partial charge in [-0.05, 0) is 33.8 Å². The normalized spacial score (nSPS) is 13.5. The highest BCUT2D eigenvalue weighted by atomic mass is 79.9. The number of nitrogens with one attached hydrogen (secondary N) is 1. The summed E-state index contributed by atoms with van der Waals surface area (Å²) in [4.78, 5) is 4.04. The molecule has 1 aromatic heterocycles. The van der Waals surface area contributed by atoms with E-state index in [0.717, 1.165) is 6.42 Å². The Kier molecular flexibility index (Phi) is 5.20. The summed E-state index contributed by atoms with van der Waals surface area (Å²) in [5.41, 5.74) is -0.00389. The lowest BCUT2D eigenvalue weighted by molar-refractivity contribution is 0.333. The van der Waals surface area contributed by atoms with Crippen molar-refractivity contribution >= 4 is 33.3 Å². The van der Waals surface area contributed by atoms with Gasteiger partial charge in [-0.3, -0.25) is 0 Å². The van der Waals surface area contributed by atoms with Crippen LogP contribution in [0.5, 0.6) is 0 Å². The van der Waals surface area contributed by atoms with Crippen LogP contribution in [0.15, 0.2) is 16.7 Å². The molecule has 0 spiro atoms. The minimum atomic E-state index is -0.358. The monoisotopic (exact) mass is 322 g/mol. The highest BCUT2D eigenvalue weighted by molar-refractivity contribution is 9.10. The molecule has 17 heavy (non-hydrogen) atoms. The molecule has 0 amide bonds. The Labute approximate surface area is 115 Å². The molecule has 1 heterocycles. The van der Waals surface area contributed by atoms with E-state index < -0.39 is 0 Å². The third-order valence-corrected chi connectivity index (χ3v) is 3.21. The van der Waals surface area contributed by atoms with Crippen molar-refractivity contribution in [2.24, 2.45) is 5.41 Å². The average Bonchev–Trinajstić information content (AvgIpc) is 2.19. The molecule has 5 heteroatoms. The summed E-state index contributed by atoms with van der Waals surface area (Å²) in [6.07, 6.45) is 2.34. The molecule has 0 radical (unpaired) electrons. The van der Waals surface area contributed by atoms with Gasteiger partial charge in [0.2, 0.25) is 0 Å². The molecule has 1 unspecified atom stereocenters. The molecule has 0 aliphatic carbocycles. The van der Waals surface area contributed by atoms with Crippen molar-refractivity contribution in [2.75, 3.05) is 11.2 Å². The lowest BCUT2D eigenvalue weighted by atomic mass is 9.85. The van der Waals surface area contributed by atoms with Crippen molar-refractivity contribution in [1.29, 1.82) is 0 Å². The first-order valence-corrected chi connectivity index (χ1v) is 6.81. The van der Waals surface area contributed by atoms with E-state index >= 15 is 0 Å². The van der Waals surface area contributed by atoms with Gasteiger partial charge in [0.15, 0.2) is 11.6 Å². The maximum atomic E-state index is 13.7. The van der Waals surface area contributed by atoms with Crippen molar-refractivity contribution < 1.29 is 4.39 Å². The lowest BCUT2D eigenvalue weighted by Crippen LogP contribution is -2.35. The Bertz CT molecular complexity index is 379. The second kappa shape index (κ2) is 6.01. The zero-order valence-corrected chi connectivity index (χ0v) is 12.6. The van der Waals surface area contributed by atoms with E-state index in [-0.39, 0.29) is 23.1 Å². The number of rotatable bonds is 4. The Morgan fingerprint density at radius 3 is 2.65 bits per heavy atom. The van der Waals surface area contributed by atoms with E-state index in [1.54, 1.807) is 6.20 Å². The Morgan fingerprint density at radius 1 is 1.53 bits per heavy atom. The van der Waals surface area contributed by atoms with E-state index in [1.165, 1.54) is 6.07 Å². The predicted molar refractivity (Wildman–Crippen MR) is 74.1 cm³/mol. The molecule has 0 fully saturated rings. The Hall–Kier alpha value is -0.350. The fourth-order valence-corrected chi connectivity index (χ4v) is 2.04. The van der Waals surface area contributed by atoms with E-state index in [0.29, 0.717) is 10.4 Å². The molecule has 2 nitrogen and oxygen atoms in total. The molecular weight excluding hydrogens is 307 g/mol. The van der Waals surface area contributed by atoms with Crippen molar-refractivity contribution in [2.45, 2.75) is 33.2 Å². The summed E-state index contributed by atoms with van der Waals surface area (Å²) in [5.74, 6) is 0.453. The quantitative estimate of drug-likeness (QED) is 0.829. The molecule has 0 saturated carbocycles. The number of hydrogen-bond acceptors (Lipinski definition) is 2. The van der Waals surface area contributed by atoms with E-state index in [2.05, 4.69) is 47.0 Å². The topological polar surface area (TPSA) is 24.9 Å². The summed E-state index contributed by atoms with van der Waals surface area (Å²) in [5, 5.41) is 3.12. The van der Waals surface area contributed by atoms with Gasteiger partial charge in [0.1, 0.15) is 0 Å². The van der Waals surface area contributed by atoms with Gasteiger partial charge in [0, 0.05) is 22.6 Å². The van der Waals surface area contributed by atoms with Crippen LogP contribution in [0.2, 0.25) is 0 Å². The van der Waals surface area contributed by atoms with Gasteiger partial charge < -0.3 is 5.32 Å². The molecule has 0 saturated heterocycles. The number of halogens is 3. The van der Waals surface area contributed by atoms with Gasteiger partial charge in [-0.2, -0.15) is 0 Å². The summed E-state index contributed by atoms with van der Waals surface area (Å²) < 4.78 is 14.3. The molecule has 0 aliphatic heterocycles. The number of alkyl halides is 1. The van der Waals surface area contributed by atoms with Gasteiger partial charge in [-0.15, -0.1) is 11.6 Å². The van der Waals surface area contributed by atoms with Gasteiger partial charge in [0.05, 0.1) is 0 Å². The largest absolute Gasteiger partial charge is 0.364 e. The van der Waals surface area contributed by atoms with Crippen molar-refractivity contribution in [3.8, 4) is 0 Å². The third-order valence-electron chi connectivity index (χ3n) is 2.56. The maximum absolute atomic E-state index is 13.7. The minimum Gasteiger partial charge on any atom is -0.364 e. The van der Waals surface area contributed by atoms with Crippen LogP contribution in [-0.4, -0.2) is 16.9 Å². The van der Waals surface area contributed by atoms with Crippen molar-refractivity contribution in [1.82, 2.24) is 4.98 Å². The van der Waals surface area contributed by atoms with Gasteiger partial charge >= 0.3 is 0 Å². The number of nitrogens with zero attached hydrogens (tertiary/aromatic N) is 1. The first-order chi connectivity index (χ1) is 7.84. The number of aromatic nitrogens is 1. The molecule has 1 aromatic rings. The average molecular weight is 324 g/mol. The van der Waals surface area contributed by atoms with Gasteiger partial charge in [0.25, 0.3) is 0 Å². The van der Waals surface area contributed by atoms with Crippen LogP contribution in [0.1, 0.15) is 27.2 Å². The number of anilines is 1. The first-order valence-electron chi connectivity index (χ1n) is 5.48. The molecule has 1 atom stereocenters. The zero-order chi connectivity index (χ0) is 13.1. The molecule has 1 N–H and O–H groups in total. The number of hydrogen-bond donors (Lipinski definition) is 1. The third kappa shape index (κ3) is 4.43. The summed E-state index contributed by atoms with van der Waals surface area (Å²) in [7, 11) is 0. The summed E-state index contributed by atoms with van der Waals surface area (Å²) >= 11 is 8.95. The highest BCUT2D eigenvalue weighted by Crippen LogP contribution is 2.26. The predicted octanol–water partition coefficient (Wildman–Crippen LogP) is 4.44. The van der Waals surface area contributed by atoms with Gasteiger partial charge in [-0.1, -0.05) is 20.8 Å². The van der Waals surface area contributed by atoms with E-state index in [1.807, 2.05) is 0 Å². The minimum absolute atomic E-state index is 0.00389. The standard InChI is InChI=1S/C12H17BrClFN2/c1-12(2,3)10(4-5-14)17-11-9(15)6-8(13)7-16-11/h6-7,10H,4-5H2,1-3H3,(H,16,17). The molecular formula is C12H17BrClFN2. The van der Waals surface area contributed by atoms with E-state index in [4.69, 9.17) is 11.6 Å². The second-order valence-corrected chi connectivity index (χ2v) is 6.32. The van der Waals surface area contributed by atoms with Crippen LogP contribution in [-0.2, 0) is 0 Å². The van der Waals surface area contributed by atoms with Crippen LogP contribution in [0.25, 0.3) is 0 Å². The highest BCUT2D eigenvalue weighted by Gasteiger charge is 2.25.